The SMILES string of the molecule is CNS(=O)(=O)c1cccc(C(C)NCc2ccc(F)c(F)c2)c1. The van der Waals surface area contributed by atoms with Gasteiger partial charge in [-0.3, -0.25) is 0 Å². The second-order valence-corrected chi connectivity index (χ2v) is 7.02. The minimum absolute atomic E-state index is 0.157. The van der Waals surface area contributed by atoms with Crippen LogP contribution >= 0.6 is 0 Å². The monoisotopic (exact) mass is 340 g/mol. The van der Waals surface area contributed by atoms with Crippen molar-refractivity contribution in [3.63, 3.8) is 0 Å². The van der Waals surface area contributed by atoms with E-state index in [0.29, 0.717) is 12.1 Å². The lowest BCUT2D eigenvalue weighted by molar-refractivity contribution is 0.504. The van der Waals surface area contributed by atoms with Gasteiger partial charge >= 0.3 is 0 Å². The zero-order valence-electron chi connectivity index (χ0n) is 12.8. The molecule has 1 unspecified atom stereocenters. The number of hydrogen-bond donors (Lipinski definition) is 2. The fourth-order valence-corrected chi connectivity index (χ4v) is 2.89. The number of rotatable bonds is 6. The van der Waals surface area contributed by atoms with Gasteiger partial charge < -0.3 is 5.32 Å². The molecule has 2 N–H and O–H groups in total. The van der Waals surface area contributed by atoms with E-state index in [9.17, 15) is 17.2 Å². The molecule has 0 aliphatic carbocycles. The lowest BCUT2D eigenvalue weighted by atomic mass is 10.1. The fourth-order valence-electron chi connectivity index (χ4n) is 2.11. The van der Waals surface area contributed by atoms with E-state index in [4.69, 9.17) is 0 Å². The molecule has 0 heterocycles. The third kappa shape index (κ3) is 4.34. The molecule has 2 aromatic carbocycles. The smallest absolute Gasteiger partial charge is 0.240 e. The van der Waals surface area contributed by atoms with Crippen molar-refractivity contribution in [2.75, 3.05) is 7.05 Å². The summed E-state index contributed by atoms with van der Waals surface area (Å²) in [4.78, 5) is 0.180. The first-order chi connectivity index (χ1) is 10.8. The largest absolute Gasteiger partial charge is 0.306 e. The van der Waals surface area contributed by atoms with E-state index < -0.39 is 21.7 Å². The molecular formula is C16H18F2N2O2S. The predicted molar refractivity (Wildman–Crippen MR) is 84.3 cm³/mol. The zero-order valence-corrected chi connectivity index (χ0v) is 13.6. The molecule has 2 rings (SSSR count). The molecule has 0 saturated heterocycles. The van der Waals surface area contributed by atoms with Crippen molar-refractivity contribution >= 4 is 10.0 Å². The van der Waals surface area contributed by atoms with E-state index in [0.717, 1.165) is 17.7 Å². The Morgan fingerprint density at radius 2 is 1.83 bits per heavy atom. The average Bonchev–Trinajstić information content (AvgIpc) is 2.55. The number of hydrogen-bond acceptors (Lipinski definition) is 3. The molecule has 124 valence electrons. The van der Waals surface area contributed by atoms with Crippen molar-refractivity contribution in [1.29, 1.82) is 0 Å². The van der Waals surface area contributed by atoms with Gasteiger partial charge in [-0.05, 0) is 49.4 Å². The summed E-state index contributed by atoms with van der Waals surface area (Å²) in [5.74, 6) is -1.77. The Kier molecular flexibility index (Phi) is 5.46. The zero-order chi connectivity index (χ0) is 17.0. The van der Waals surface area contributed by atoms with Crippen LogP contribution in [-0.4, -0.2) is 15.5 Å². The molecular weight excluding hydrogens is 322 g/mol. The first-order valence-corrected chi connectivity index (χ1v) is 8.52. The number of halogens is 2. The van der Waals surface area contributed by atoms with E-state index in [1.165, 1.54) is 19.2 Å². The van der Waals surface area contributed by atoms with Gasteiger partial charge in [-0.25, -0.2) is 21.9 Å². The minimum atomic E-state index is -3.50. The van der Waals surface area contributed by atoms with Crippen LogP contribution in [0.5, 0.6) is 0 Å². The van der Waals surface area contributed by atoms with E-state index in [2.05, 4.69) is 10.0 Å². The highest BCUT2D eigenvalue weighted by Crippen LogP contribution is 2.18. The van der Waals surface area contributed by atoms with Crippen LogP contribution in [-0.2, 0) is 16.6 Å². The van der Waals surface area contributed by atoms with Crippen LogP contribution in [0.2, 0.25) is 0 Å². The van der Waals surface area contributed by atoms with Crippen molar-refractivity contribution in [3.05, 3.63) is 65.2 Å². The molecule has 0 amide bonds. The summed E-state index contributed by atoms with van der Waals surface area (Å²) in [5, 5.41) is 3.15. The van der Waals surface area contributed by atoms with Crippen molar-refractivity contribution in [1.82, 2.24) is 10.0 Å². The van der Waals surface area contributed by atoms with E-state index in [1.54, 1.807) is 18.2 Å². The summed E-state index contributed by atoms with van der Waals surface area (Å²) < 4.78 is 52.0. The Hall–Kier alpha value is -1.83. The van der Waals surface area contributed by atoms with Gasteiger partial charge in [-0.2, -0.15) is 0 Å². The van der Waals surface area contributed by atoms with Gasteiger partial charge in [0.25, 0.3) is 0 Å². The Bertz CT molecular complexity index is 794. The number of sulfonamides is 1. The second kappa shape index (κ2) is 7.16. The highest BCUT2D eigenvalue weighted by atomic mass is 32.2. The first kappa shape index (κ1) is 17.5. The second-order valence-electron chi connectivity index (χ2n) is 5.13. The standard InChI is InChI=1S/C16H18F2N2O2S/c1-11(20-10-12-6-7-15(17)16(18)8-12)13-4-3-5-14(9-13)23(21,22)19-2/h3-9,11,19-20H,10H2,1-2H3. The lowest BCUT2D eigenvalue weighted by Crippen LogP contribution is -2.21. The van der Waals surface area contributed by atoms with Crippen molar-refractivity contribution in [2.24, 2.45) is 0 Å². The minimum Gasteiger partial charge on any atom is -0.306 e. The van der Waals surface area contributed by atoms with Crippen molar-refractivity contribution in [2.45, 2.75) is 24.4 Å². The van der Waals surface area contributed by atoms with E-state index in [1.807, 2.05) is 6.92 Å². The van der Waals surface area contributed by atoms with Crippen LogP contribution in [0.25, 0.3) is 0 Å². The van der Waals surface area contributed by atoms with Gasteiger partial charge in [0.15, 0.2) is 11.6 Å². The summed E-state index contributed by atoms with van der Waals surface area (Å²) in [6, 6.07) is 10.1. The third-order valence-corrected chi connectivity index (χ3v) is 4.95. The van der Waals surface area contributed by atoms with Crippen LogP contribution in [0.1, 0.15) is 24.1 Å². The summed E-state index contributed by atoms with van der Waals surface area (Å²) in [6.45, 7) is 2.20. The molecule has 1 atom stereocenters. The molecule has 0 saturated carbocycles. The maximum atomic E-state index is 13.2. The predicted octanol–water partition coefficient (Wildman–Crippen LogP) is 2.72. The van der Waals surface area contributed by atoms with Crippen LogP contribution < -0.4 is 10.0 Å². The molecule has 23 heavy (non-hydrogen) atoms. The quantitative estimate of drug-likeness (QED) is 0.850. The molecule has 0 fully saturated rings. The Morgan fingerprint density at radius 3 is 2.48 bits per heavy atom. The van der Waals surface area contributed by atoms with Gasteiger partial charge in [0.1, 0.15) is 0 Å². The van der Waals surface area contributed by atoms with E-state index >= 15 is 0 Å². The molecule has 4 nitrogen and oxygen atoms in total. The Balaban J connectivity index is 2.10. The molecule has 0 aliphatic rings. The summed E-state index contributed by atoms with van der Waals surface area (Å²) in [7, 11) is -2.15. The number of nitrogens with one attached hydrogen (secondary N) is 2. The molecule has 7 heteroatoms. The molecule has 0 aromatic heterocycles. The van der Waals surface area contributed by atoms with Crippen LogP contribution in [0.4, 0.5) is 8.78 Å². The maximum Gasteiger partial charge on any atom is 0.240 e. The number of benzene rings is 2. The topological polar surface area (TPSA) is 58.2 Å². The average molecular weight is 340 g/mol. The molecule has 2 aromatic rings. The third-order valence-electron chi connectivity index (χ3n) is 3.53. The fraction of sp³-hybridized carbons (Fsp3) is 0.250. The Morgan fingerprint density at radius 1 is 1.09 bits per heavy atom. The van der Waals surface area contributed by atoms with Gasteiger partial charge in [0, 0.05) is 12.6 Å². The van der Waals surface area contributed by atoms with Gasteiger partial charge in [0.2, 0.25) is 10.0 Å². The molecule has 0 spiro atoms. The van der Waals surface area contributed by atoms with Crippen molar-refractivity contribution in [3.8, 4) is 0 Å². The van der Waals surface area contributed by atoms with Crippen molar-refractivity contribution < 1.29 is 17.2 Å². The maximum absolute atomic E-state index is 13.2. The first-order valence-electron chi connectivity index (χ1n) is 7.04. The molecule has 0 radical (unpaired) electrons. The summed E-state index contributed by atoms with van der Waals surface area (Å²) in [6.07, 6.45) is 0. The lowest BCUT2D eigenvalue weighted by Gasteiger charge is -2.15. The highest BCUT2D eigenvalue weighted by Gasteiger charge is 2.13. The van der Waals surface area contributed by atoms with Crippen LogP contribution in [0.15, 0.2) is 47.4 Å². The summed E-state index contributed by atoms with van der Waals surface area (Å²) in [5.41, 5.74) is 1.39. The molecule has 0 aliphatic heterocycles. The van der Waals surface area contributed by atoms with Crippen LogP contribution in [0.3, 0.4) is 0 Å². The van der Waals surface area contributed by atoms with Gasteiger partial charge in [-0.15, -0.1) is 0 Å². The van der Waals surface area contributed by atoms with Gasteiger partial charge in [-0.1, -0.05) is 18.2 Å². The molecule has 0 bridgehead atoms. The van der Waals surface area contributed by atoms with Gasteiger partial charge in [0.05, 0.1) is 4.90 Å². The van der Waals surface area contributed by atoms with E-state index in [-0.39, 0.29) is 10.9 Å². The highest BCUT2D eigenvalue weighted by molar-refractivity contribution is 7.89. The normalized spacial score (nSPS) is 13.0. The van der Waals surface area contributed by atoms with Crippen LogP contribution in [0, 0.1) is 11.6 Å². The Labute approximate surface area is 134 Å². The summed E-state index contributed by atoms with van der Waals surface area (Å²) >= 11 is 0.